The van der Waals surface area contributed by atoms with Gasteiger partial charge in [-0.3, -0.25) is 14.2 Å². The minimum Gasteiger partial charge on any atom is -0.468 e. The number of ether oxygens (including phenoxy) is 1. The van der Waals surface area contributed by atoms with Crippen LogP contribution < -0.4 is 5.32 Å². The fourth-order valence-electron chi connectivity index (χ4n) is 2.67. The number of carbonyl (C=O) groups excluding carboxylic acids is 2. The van der Waals surface area contributed by atoms with Gasteiger partial charge in [-0.1, -0.05) is 23.2 Å². The molecule has 9 heteroatoms. The van der Waals surface area contributed by atoms with Crippen LogP contribution >= 0.6 is 23.2 Å². The van der Waals surface area contributed by atoms with Gasteiger partial charge in [-0.15, -0.1) is 10.2 Å². The lowest BCUT2D eigenvalue weighted by atomic mass is 10.1. The van der Waals surface area contributed by atoms with Gasteiger partial charge in [0.05, 0.1) is 12.1 Å². The minimum absolute atomic E-state index is 0.180. The molecule has 126 valence electrons. The van der Waals surface area contributed by atoms with Crippen LogP contribution in [-0.4, -0.2) is 40.3 Å². The number of fused-ring (bicyclic) bond motifs is 1. The molecule has 0 aliphatic carbocycles. The van der Waals surface area contributed by atoms with Gasteiger partial charge in [0.2, 0.25) is 5.91 Å². The molecule has 3 rings (SSSR count). The van der Waals surface area contributed by atoms with Gasteiger partial charge in [0.25, 0.3) is 0 Å². The molecule has 1 atom stereocenters. The fraction of sp³-hybridized carbons (Fsp3) is 0.333. The third kappa shape index (κ3) is 3.09. The first-order valence-corrected chi connectivity index (χ1v) is 8.00. The number of amides is 1. The summed E-state index contributed by atoms with van der Waals surface area (Å²) in [6, 6.07) is 4.55. The fourth-order valence-corrected chi connectivity index (χ4v) is 3.16. The molecular formula is C15H14Cl2N4O3. The first kappa shape index (κ1) is 16.7. The zero-order chi connectivity index (χ0) is 17.3. The molecule has 1 aliphatic heterocycles. The number of methoxy groups -OCH3 is 1. The number of aryl methyl sites for hydroxylation is 1. The van der Waals surface area contributed by atoms with Crippen molar-refractivity contribution in [2.75, 3.05) is 13.7 Å². The number of nitrogens with one attached hydrogen (secondary N) is 1. The van der Waals surface area contributed by atoms with Gasteiger partial charge in [-0.2, -0.15) is 0 Å². The monoisotopic (exact) mass is 368 g/mol. The van der Waals surface area contributed by atoms with Crippen molar-refractivity contribution in [3.8, 4) is 11.4 Å². The summed E-state index contributed by atoms with van der Waals surface area (Å²) >= 11 is 12.2. The highest BCUT2D eigenvalue weighted by Gasteiger charge is 2.33. The Morgan fingerprint density at radius 2 is 2.17 bits per heavy atom. The van der Waals surface area contributed by atoms with E-state index in [-0.39, 0.29) is 12.5 Å². The van der Waals surface area contributed by atoms with Gasteiger partial charge in [0.15, 0.2) is 5.82 Å². The van der Waals surface area contributed by atoms with E-state index in [0.29, 0.717) is 40.1 Å². The Balaban J connectivity index is 1.89. The predicted molar refractivity (Wildman–Crippen MR) is 87.9 cm³/mol. The summed E-state index contributed by atoms with van der Waals surface area (Å²) in [7, 11) is 1.27. The molecule has 0 saturated heterocycles. The summed E-state index contributed by atoms with van der Waals surface area (Å²) in [5.74, 6) is 0.410. The zero-order valence-corrected chi connectivity index (χ0v) is 14.3. The van der Waals surface area contributed by atoms with E-state index in [2.05, 4.69) is 20.3 Å². The summed E-state index contributed by atoms with van der Waals surface area (Å²) in [5, 5.41) is 11.8. The van der Waals surface area contributed by atoms with Crippen molar-refractivity contribution in [1.29, 1.82) is 0 Å². The van der Waals surface area contributed by atoms with E-state index in [4.69, 9.17) is 23.2 Å². The van der Waals surface area contributed by atoms with Gasteiger partial charge in [-0.25, -0.2) is 0 Å². The number of esters is 1. The van der Waals surface area contributed by atoms with Gasteiger partial charge < -0.3 is 10.1 Å². The molecule has 0 spiro atoms. The third-order valence-corrected chi connectivity index (χ3v) is 4.38. The standard InChI is InChI=1S/C15H14Cl2N4O3/c1-24-13(22)7-18-15(23)11-4-5-12-19-20-14(21(11)12)9-3-2-8(16)6-10(9)17/h2-3,6,11H,4-5,7H2,1H3,(H,18,23). The van der Waals surface area contributed by atoms with Gasteiger partial charge in [-0.05, 0) is 24.6 Å². The van der Waals surface area contributed by atoms with Crippen molar-refractivity contribution in [2.45, 2.75) is 18.9 Å². The van der Waals surface area contributed by atoms with E-state index in [0.717, 1.165) is 0 Å². The first-order chi connectivity index (χ1) is 11.5. The van der Waals surface area contributed by atoms with Crippen LogP contribution in [0.1, 0.15) is 18.3 Å². The second-order valence-corrected chi connectivity index (χ2v) is 6.13. The number of halogens is 2. The number of benzene rings is 1. The SMILES string of the molecule is COC(=O)CNC(=O)C1CCc2nnc(-c3ccc(Cl)cc3Cl)n21. The van der Waals surface area contributed by atoms with Crippen LogP contribution in [0.4, 0.5) is 0 Å². The third-order valence-electron chi connectivity index (χ3n) is 3.83. The van der Waals surface area contributed by atoms with Gasteiger partial charge in [0, 0.05) is 17.0 Å². The van der Waals surface area contributed by atoms with Crippen LogP contribution in [0.3, 0.4) is 0 Å². The lowest BCUT2D eigenvalue weighted by Crippen LogP contribution is -2.35. The molecular weight excluding hydrogens is 355 g/mol. The lowest BCUT2D eigenvalue weighted by molar-refractivity contribution is -0.141. The van der Waals surface area contributed by atoms with Gasteiger partial charge in [0.1, 0.15) is 18.4 Å². The summed E-state index contributed by atoms with van der Waals surface area (Å²) in [6.07, 6.45) is 1.20. The quantitative estimate of drug-likeness (QED) is 0.834. The molecule has 1 unspecified atom stereocenters. The van der Waals surface area contributed by atoms with Crippen LogP contribution in [0, 0.1) is 0 Å². The molecule has 2 heterocycles. The van der Waals surface area contributed by atoms with E-state index in [1.54, 1.807) is 22.8 Å². The summed E-state index contributed by atoms with van der Waals surface area (Å²) < 4.78 is 6.27. The average molecular weight is 369 g/mol. The normalized spacial score (nSPS) is 15.9. The lowest BCUT2D eigenvalue weighted by Gasteiger charge is -2.15. The van der Waals surface area contributed by atoms with Crippen LogP contribution in [-0.2, 0) is 20.7 Å². The van der Waals surface area contributed by atoms with Crippen LogP contribution in [0.15, 0.2) is 18.2 Å². The smallest absolute Gasteiger partial charge is 0.325 e. The van der Waals surface area contributed by atoms with Crippen molar-refractivity contribution < 1.29 is 14.3 Å². The molecule has 1 aromatic carbocycles. The van der Waals surface area contributed by atoms with Crippen molar-refractivity contribution in [3.63, 3.8) is 0 Å². The second kappa shape index (κ2) is 6.78. The highest BCUT2D eigenvalue weighted by molar-refractivity contribution is 6.36. The topological polar surface area (TPSA) is 86.1 Å². The second-order valence-electron chi connectivity index (χ2n) is 5.28. The predicted octanol–water partition coefficient (Wildman–Crippen LogP) is 2.03. The highest BCUT2D eigenvalue weighted by Crippen LogP contribution is 2.35. The molecule has 2 aromatic rings. The maximum Gasteiger partial charge on any atom is 0.325 e. The first-order valence-electron chi connectivity index (χ1n) is 7.25. The molecule has 0 radical (unpaired) electrons. The molecule has 1 N–H and O–H groups in total. The number of hydrogen-bond acceptors (Lipinski definition) is 5. The van der Waals surface area contributed by atoms with Crippen molar-refractivity contribution in [2.24, 2.45) is 0 Å². The Labute approximate surface area is 147 Å². The van der Waals surface area contributed by atoms with Crippen molar-refractivity contribution in [1.82, 2.24) is 20.1 Å². The summed E-state index contributed by atoms with van der Waals surface area (Å²) in [6.45, 7) is -0.180. The molecule has 7 nitrogen and oxygen atoms in total. The van der Waals surface area contributed by atoms with Crippen LogP contribution in [0.25, 0.3) is 11.4 Å². The number of nitrogens with zero attached hydrogens (tertiary/aromatic N) is 3. The van der Waals surface area contributed by atoms with Crippen molar-refractivity contribution >= 4 is 35.1 Å². The van der Waals surface area contributed by atoms with Crippen LogP contribution in [0.2, 0.25) is 10.0 Å². The Bertz CT molecular complexity index is 806. The molecule has 0 bridgehead atoms. The van der Waals surface area contributed by atoms with Crippen LogP contribution in [0.5, 0.6) is 0 Å². The van der Waals surface area contributed by atoms with E-state index >= 15 is 0 Å². The Kier molecular flexibility index (Phi) is 4.73. The Morgan fingerprint density at radius 3 is 2.88 bits per heavy atom. The Hall–Kier alpha value is -2.12. The maximum absolute atomic E-state index is 12.4. The summed E-state index contributed by atoms with van der Waals surface area (Å²) in [5.41, 5.74) is 0.646. The molecule has 1 amide bonds. The molecule has 1 aliphatic rings. The van der Waals surface area contributed by atoms with E-state index in [1.807, 2.05) is 0 Å². The molecule has 0 fully saturated rings. The van der Waals surface area contributed by atoms with E-state index in [9.17, 15) is 9.59 Å². The highest BCUT2D eigenvalue weighted by atomic mass is 35.5. The molecule has 24 heavy (non-hydrogen) atoms. The number of hydrogen-bond donors (Lipinski definition) is 1. The number of carbonyl (C=O) groups is 2. The molecule has 1 aromatic heterocycles. The Morgan fingerprint density at radius 1 is 1.38 bits per heavy atom. The maximum atomic E-state index is 12.4. The van der Waals surface area contributed by atoms with Gasteiger partial charge >= 0.3 is 5.97 Å². The number of rotatable bonds is 4. The summed E-state index contributed by atoms with van der Waals surface area (Å²) in [4.78, 5) is 23.6. The van der Waals surface area contributed by atoms with E-state index in [1.165, 1.54) is 7.11 Å². The zero-order valence-electron chi connectivity index (χ0n) is 12.8. The largest absolute Gasteiger partial charge is 0.468 e. The minimum atomic E-state index is -0.508. The van der Waals surface area contributed by atoms with Crippen molar-refractivity contribution in [3.05, 3.63) is 34.1 Å². The van der Waals surface area contributed by atoms with E-state index < -0.39 is 12.0 Å². The average Bonchev–Trinajstić information content (AvgIpc) is 3.14. The number of aromatic nitrogens is 3. The molecule has 0 saturated carbocycles.